The van der Waals surface area contributed by atoms with E-state index in [-0.39, 0.29) is 29.2 Å². The van der Waals surface area contributed by atoms with Crippen molar-refractivity contribution in [3.63, 3.8) is 0 Å². The van der Waals surface area contributed by atoms with Crippen molar-refractivity contribution >= 4 is 27.0 Å². The Bertz CT molecular complexity index is 1330. The van der Waals surface area contributed by atoms with Crippen LogP contribution in [-0.4, -0.2) is 40.5 Å². The Balaban J connectivity index is 0.000000162. The molecule has 0 aromatic heterocycles. The van der Waals surface area contributed by atoms with Gasteiger partial charge in [0.2, 0.25) is 0 Å². The quantitative estimate of drug-likeness (QED) is 0.231. The fraction of sp³-hybridized carbons (Fsp3) is 0.367. The predicted octanol–water partition coefficient (Wildman–Crippen LogP) is 5.53. The number of benzene rings is 3. The molecule has 2 atom stereocenters. The second kappa shape index (κ2) is 10.9. The number of alkyl halides is 2. The van der Waals surface area contributed by atoms with Gasteiger partial charge in [-0.1, -0.05) is 54.6 Å². The van der Waals surface area contributed by atoms with E-state index >= 15 is 0 Å². The lowest BCUT2D eigenvalue weighted by atomic mass is 9.52. The summed E-state index contributed by atoms with van der Waals surface area (Å²) >= 11 is 0. The van der Waals surface area contributed by atoms with E-state index in [1.165, 1.54) is 14.7 Å². The fourth-order valence-electron chi connectivity index (χ4n) is 6.69. The number of hydrogen-bond donors (Lipinski definition) is 1. The van der Waals surface area contributed by atoms with Crippen molar-refractivity contribution in [2.24, 2.45) is 11.8 Å². The molecule has 4 aliphatic carbocycles. The van der Waals surface area contributed by atoms with E-state index in [4.69, 9.17) is 4.74 Å². The minimum absolute atomic E-state index is 0.0146. The third-order valence-corrected chi connectivity index (χ3v) is 10.8. The van der Waals surface area contributed by atoms with Crippen LogP contribution in [0.25, 0.3) is 0 Å². The number of aliphatic hydroxyl groups is 1. The van der Waals surface area contributed by atoms with E-state index in [0.29, 0.717) is 25.7 Å². The van der Waals surface area contributed by atoms with E-state index in [1.807, 2.05) is 0 Å². The van der Waals surface area contributed by atoms with Crippen molar-refractivity contribution in [3.8, 4) is 0 Å². The van der Waals surface area contributed by atoms with Crippen LogP contribution in [-0.2, 0) is 30.5 Å². The van der Waals surface area contributed by atoms with Gasteiger partial charge in [-0.3, -0.25) is 0 Å². The smallest absolute Gasteiger partial charge is 0.428 e. The minimum atomic E-state index is -6.12. The van der Waals surface area contributed by atoms with Gasteiger partial charge in [0.15, 0.2) is 24.8 Å². The Hall–Kier alpha value is -2.79. The van der Waals surface area contributed by atoms with Crippen LogP contribution in [0.5, 0.6) is 0 Å². The molecule has 2 unspecified atom stereocenters. The van der Waals surface area contributed by atoms with Gasteiger partial charge >= 0.3 is 11.2 Å². The molecule has 0 amide bonds. The Labute approximate surface area is 235 Å². The van der Waals surface area contributed by atoms with Gasteiger partial charge < -0.3 is 14.4 Å². The molecule has 3 aromatic carbocycles. The monoisotopic (exact) mass is 588 g/mol. The molecule has 0 aliphatic heterocycles. The Morgan fingerprint density at radius 1 is 0.825 bits per heavy atom. The third-order valence-electron chi connectivity index (χ3n) is 7.77. The molecular weight excluding hydrogens is 558 g/mol. The van der Waals surface area contributed by atoms with Crippen molar-refractivity contribution in [3.05, 3.63) is 91.0 Å². The summed E-state index contributed by atoms with van der Waals surface area (Å²) in [6.07, 6.45) is 2.60. The number of carbonyl (C=O) groups excluding carboxylic acids is 1. The molecule has 212 valence electrons. The zero-order chi connectivity index (χ0) is 28.6. The third kappa shape index (κ3) is 5.95. The van der Waals surface area contributed by atoms with E-state index in [9.17, 15) is 31.7 Å². The summed E-state index contributed by atoms with van der Waals surface area (Å²) in [5.41, 5.74) is -2.32. The first kappa shape index (κ1) is 28.7. The topological polar surface area (TPSA) is 104 Å². The molecule has 3 aromatic rings. The zero-order valence-corrected chi connectivity index (χ0v) is 23.3. The van der Waals surface area contributed by atoms with Crippen molar-refractivity contribution in [1.29, 1.82) is 0 Å². The summed E-state index contributed by atoms with van der Waals surface area (Å²) in [5, 5.41) is 5.29. The molecule has 7 rings (SSSR count). The number of ether oxygens (including phenoxy) is 1. The number of halogens is 2. The van der Waals surface area contributed by atoms with E-state index < -0.39 is 32.5 Å². The minimum Gasteiger partial charge on any atom is -0.743 e. The average molecular weight is 589 g/mol. The van der Waals surface area contributed by atoms with Gasteiger partial charge in [0.1, 0.15) is 5.60 Å². The summed E-state index contributed by atoms with van der Waals surface area (Å²) in [4.78, 5) is 15.6. The van der Waals surface area contributed by atoms with Gasteiger partial charge in [-0.25, -0.2) is 13.2 Å². The van der Waals surface area contributed by atoms with Crippen LogP contribution in [0.2, 0.25) is 0 Å². The molecule has 1 N–H and O–H groups in total. The van der Waals surface area contributed by atoms with Gasteiger partial charge in [-0.15, -0.1) is 0 Å². The predicted molar refractivity (Wildman–Crippen MR) is 145 cm³/mol. The highest BCUT2D eigenvalue weighted by Crippen LogP contribution is 2.59. The van der Waals surface area contributed by atoms with E-state index in [1.54, 1.807) is 0 Å². The molecule has 4 saturated carbocycles. The van der Waals surface area contributed by atoms with Gasteiger partial charge in [0, 0.05) is 6.42 Å². The maximum Gasteiger partial charge on any atom is 0.428 e. The van der Waals surface area contributed by atoms with Crippen LogP contribution in [0.1, 0.15) is 38.5 Å². The molecule has 0 heterocycles. The molecule has 4 fully saturated rings. The average Bonchev–Trinajstić information content (AvgIpc) is 2.89. The van der Waals surface area contributed by atoms with Gasteiger partial charge in [-0.2, -0.15) is 8.78 Å². The van der Waals surface area contributed by atoms with Gasteiger partial charge in [0.25, 0.3) is 0 Å². The van der Waals surface area contributed by atoms with Crippen molar-refractivity contribution in [2.45, 2.75) is 69.7 Å². The molecule has 4 aliphatic rings. The fourth-order valence-corrected chi connectivity index (χ4v) is 9.04. The SMILES string of the molecule is O=C(OC12CC3CC(CC(O)(C3)C1)C2)C(F)(F)S(=O)(=O)[O-].c1ccc([S+](c2ccccc2)c2ccccc2)cc1. The van der Waals surface area contributed by atoms with Gasteiger partial charge in [-0.05, 0) is 80.3 Å². The lowest BCUT2D eigenvalue weighted by molar-refractivity contribution is -0.228. The Kier molecular flexibility index (Phi) is 7.82. The molecule has 0 saturated heterocycles. The maximum atomic E-state index is 13.3. The van der Waals surface area contributed by atoms with E-state index in [2.05, 4.69) is 91.0 Å². The second-order valence-corrected chi connectivity index (χ2v) is 14.4. The van der Waals surface area contributed by atoms with Crippen LogP contribution < -0.4 is 0 Å². The van der Waals surface area contributed by atoms with Crippen LogP contribution in [0.15, 0.2) is 106 Å². The van der Waals surface area contributed by atoms with E-state index in [0.717, 1.165) is 6.42 Å². The molecule has 0 radical (unpaired) electrons. The normalized spacial score (nSPS) is 27.1. The van der Waals surface area contributed by atoms with Gasteiger partial charge in [0.05, 0.1) is 16.5 Å². The Morgan fingerprint density at radius 2 is 1.23 bits per heavy atom. The van der Waals surface area contributed by atoms with Crippen molar-refractivity contribution in [1.82, 2.24) is 0 Å². The summed E-state index contributed by atoms with van der Waals surface area (Å²) in [7, 11) is -6.14. The van der Waals surface area contributed by atoms with Crippen LogP contribution in [0, 0.1) is 11.8 Å². The summed E-state index contributed by atoms with van der Waals surface area (Å²) in [6, 6.07) is 32.2. The number of hydrogen-bond acceptors (Lipinski definition) is 6. The Morgan fingerprint density at radius 3 is 1.57 bits per heavy atom. The standard InChI is InChI=1S/C18H15S.C12H16F2O6S/c1-4-10-16(11-5-1)19(17-12-6-2-7-13-17)18-14-8-3-9-15-18;13-12(14,21(17,18)19)9(15)20-11-4-7-1-8(5-11)3-10(16,2-7)6-11/h1-15H;7-8,16H,1-6H2,(H,17,18,19)/q+1;/p-1. The number of esters is 1. The zero-order valence-electron chi connectivity index (χ0n) is 21.6. The van der Waals surface area contributed by atoms with Crippen molar-refractivity contribution in [2.75, 3.05) is 0 Å². The van der Waals surface area contributed by atoms with Crippen LogP contribution >= 0.6 is 0 Å². The summed E-state index contributed by atoms with van der Waals surface area (Å²) in [5.74, 6) is -2.19. The molecule has 0 spiro atoms. The second-order valence-electron chi connectivity index (χ2n) is 11.0. The molecular formula is C30H30F2O6S2. The molecule has 40 heavy (non-hydrogen) atoms. The van der Waals surface area contributed by atoms with Crippen molar-refractivity contribution < 1.29 is 36.4 Å². The lowest BCUT2D eigenvalue weighted by Crippen LogP contribution is -2.61. The first-order valence-electron chi connectivity index (χ1n) is 13.1. The first-order valence-corrected chi connectivity index (χ1v) is 15.7. The molecule has 4 bridgehead atoms. The van der Waals surface area contributed by atoms with Crippen LogP contribution in [0.4, 0.5) is 8.78 Å². The lowest BCUT2D eigenvalue weighted by Gasteiger charge is -2.59. The maximum absolute atomic E-state index is 13.3. The highest BCUT2D eigenvalue weighted by Gasteiger charge is 2.61. The summed E-state index contributed by atoms with van der Waals surface area (Å²) in [6.45, 7) is 0. The molecule has 10 heteroatoms. The first-order chi connectivity index (χ1) is 18.9. The highest BCUT2D eigenvalue weighted by atomic mass is 32.2. The van der Waals surface area contributed by atoms with Crippen LogP contribution in [0.3, 0.4) is 0 Å². The number of carbonyl (C=O) groups is 1. The number of rotatable bonds is 6. The summed E-state index contributed by atoms with van der Waals surface area (Å²) < 4.78 is 62.8. The largest absolute Gasteiger partial charge is 0.743 e. The highest BCUT2D eigenvalue weighted by molar-refractivity contribution is 7.97. The molecule has 6 nitrogen and oxygen atoms in total.